The first-order chi connectivity index (χ1) is 13.4. The lowest BCUT2D eigenvalue weighted by molar-refractivity contribution is -0.113. The third kappa shape index (κ3) is 3.54. The second-order valence-electron chi connectivity index (χ2n) is 7.07. The van der Waals surface area contributed by atoms with Crippen molar-refractivity contribution in [1.82, 2.24) is 9.55 Å². The van der Waals surface area contributed by atoms with Crippen LogP contribution in [0, 0.1) is 0 Å². The van der Waals surface area contributed by atoms with E-state index in [-0.39, 0.29) is 17.2 Å². The van der Waals surface area contributed by atoms with Gasteiger partial charge in [0.2, 0.25) is 5.91 Å². The van der Waals surface area contributed by atoms with E-state index in [1.807, 2.05) is 43.3 Å². The molecule has 0 radical (unpaired) electrons. The Bertz CT molecular complexity index is 1100. The van der Waals surface area contributed by atoms with Gasteiger partial charge in [-0.25, -0.2) is 4.98 Å². The predicted octanol–water partition coefficient (Wildman–Crippen LogP) is 3.28. The van der Waals surface area contributed by atoms with Crippen molar-refractivity contribution < 1.29 is 4.79 Å². The van der Waals surface area contributed by atoms with Gasteiger partial charge in [0.1, 0.15) is 4.83 Å². The van der Waals surface area contributed by atoms with Crippen LogP contribution in [-0.2, 0) is 24.7 Å². The molecule has 1 N–H and O–H groups in total. The van der Waals surface area contributed by atoms with Crippen molar-refractivity contribution in [2.75, 3.05) is 30.1 Å². The molecule has 4 rings (SSSR count). The number of rotatable bonds is 5. The molecule has 3 aromatic rings. The van der Waals surface area contributed by atoms with Gasteiger partial charge in [-0.1, -0.05) is 11.8 Å². The van der Waals surface area contributed by atoms with Crippen molar-refractivity contribution in [3.05, 3.63) is 45.1 Å². The summed E-state index contributed by atoms with van der Waals surface area (Å²) in [5, 5.41) is 4.24. The Kier molecular flexibility index (Phi) is 5.16. The van der Waals surface area contributed by atoms with E-state index < -0.39 is 0 Å². The molecule has 6 nitrogen and oxygen atoms in total. The van der Waals surface area contributed by atoms with Crippen molar-refractivity contribution in [3.63, 3.8) is 0 Å². The first kappa shape index (κ1) is 19.0. The monoisotopic (exact) mass is 414 g/mol. The van der Waals surface area contributed by atoms with E-state index in [1.165, 1.54) is 22.2 Å². The maximum atomic E-state index is 12.8. The first-order valence-corrected chi connectivity index (χ1v) is 11.0. The molecule has 8 heteroatoms. The number of hydrogen-bond donors (Lipinski definition) is 1. The molecule has 2 aromatic heterocycles. The summed E-state index contributed by atoms with van der Waals surface area (Å²) in [6.07, 6.45) is 3.12. The molecule has 0 unspecified atom stereocenters. The van der Waals surface area contributed by atoms with Crippen LogP contribution in [0.15, 0.2) is 34.2 Å². The summed E-state index contributed by atoms with van der Waals surface area (Å²) in [5.41, 5.74) is 3.00. The summed E-state index contributed by atoms with van der Waals surface area (Å²) < 4.78 is 1.57. The summed E-state index contributed by atoms with van der Waals surface area (Å²) in [5.74, 6) is 0.0809. The number of anilines is 2. The van der Waals surface area contributed by atoms with Crippen molar-refractivity contribution in [1.29, 1.82) is 0 Å². The van der Waals surface area contributed by atoms with Gasteiger partial charge < -0.3 is 10.2 Å². The molecule has 0 atom stereocenters. The molecule has 1 amide bonds. The zero-order chi connectivity index (χ0) is 19.8. The van der Waals surface area contributed by atoms with E-state index in [0.29, 0.717) is 5.16 Å². The Morgan fingerprint density at radius 2 is 2.04 bits per heavy atom. The highest BCUT2D eigenvalue weighted by Crippen LogP contribution is 2.35. The van der Waals surface area contributed by atoms with Crippen LogP contribution in [0.2, 0.25) is 0 Å². The second kappa shape index (κ2) is 7.60. The number of thiophene rings is 1. The molecule has 1 aliphatic rings. The van der Waals surface area contributed by atoms with E-state index in [9.17, 15) is 9.59 Å². The lowest BCUT2D eigenvalue weighted by atomic mass is 10.2. The molecule has 0 fully saturated rings. The number of aromatic nitrogens is 2. The van der Waals surface area contributed by atoms with E-state index >= 15 is 0 Å². The number of nitrogens with one attached hydrogen (secondary N) is 1. The quantitative estimate of drug-likeness (QED) is 0.513. The van der Waals surface area contributed by atoms with E-state index in [4.69, 9.17) is 0 Å². The van der Waals surface area contributed by atoms with Crippen LogP contribution in [-0.4, -0.2) is 35.3 Å². The fourth-order valence-corrected chi connectivity index (χ4v) is 5.48. The maximum Gasteiger partial charge on any atom is 0.262 e. The van der Waals surface area contributed by atoms with Gasteiger partial charge in [0.05, 0.1) is 11.1 Å². The SMILES string of the molecule is CN(C)c1ccc(NC(=O)CSc2nc3sc4c(c3c(=O)n2C)CCC4)cc1. The average Bonchev–Trinajstić information content (AvgIpc) is 3.24. The number of amides is 1. The largest absolute Gasteiger partial charge is 0.378 e. The highest BCUT2D eigenvalue weighted by Gasteiger charge is 2.22. The molecular weight excluding hydrogens is 392 g/mol. The van der Waals surface area contributed by atoms with E-state index in [0.717, 1.165) is 40.9 Å². The molecule has 1 aromatic carbocycles. The number of carbonyl (C=O) groups is 1. The van der Waals surface area contributed by atoms with E-state index in [1.54, 1.807) is 23.0 Å². The molecule has 2 heterocycles. The lowest BCUT2D eigenvalue weighted by Crippen LogP contribution is -2.21. The fourth-order valence-electron chi connectivity index (χ4n) is 3.40. The smallest absolute Gasteiger partial charge is 0.262 e. The van der Waals surface area contributed by atoms with Gasteiger partial charge in [0.25, 0.3) is 5.56 Å². The molecule has 28 heavy (non-hydrogen) atoms. The molecular formula is C20H22N4O2S2. The zero-order valence-corrected chi connectivity index (χ0v) is 17.7. The van der Waals surface area contributed by atoms with Crippen LogP contribution < -0.4 is 15.8 Å². The third-order valence-corrected chi connectivity index (χ3v) is 7.12. The highest BCUT2D eigenvalue weighted by atomic mass is 32.2. The Hall–Kier alpha value is -2.32. The standard InChI is InChI=1S/C20H22N4O2S2/c1-23(2)13-9-7-12(8-10-13)21-16(25)11-27-20-22-18-17(19(26)24(20)3)14-5-4-6-15(14)28-18/h7-10H,4-6,11H2,1-3H3,(H,21,25). The van der Waals surface area contributed by atoms with E-state index in [2.05, 4.69) is 10.3 Å². The Morgan fingerprint density at radius 3 is 2.75 bits per heavy atom. The maximum absolute atomic E-state index is 12.8. The molecule has 0 saturated carbocycles. The summed E-state index contributed by atoms with van der Waals surface area (Å²) >= 11 is 2.91. The summed E-state index contributed by atoms with van der Waals surface area (Å²) in [7, 11) is 5.68. The molecule has 0 saturated heterocycles. The van der Waals surface area contributed by atoms with Gasteiger partial charge in [0.15, 0.2) is 5.16 Å². The van der Waals surface area contributed by atoms with Gasteiger partial charge in [-0.15, -0.1) is 11.3 Å². The second-order valence-corrected chi connectivity index (χ2v) is 9.10. The van der Waals surface area contributed by atoms with Gasteiger partial charge in [0, 0.05) is 37.4 Å². The summed E-state index contributed by atoms with van der Waals surface area (Å²) in [6, 6.07) is 7.67. The van der Waals surface area contributed by atoms with Gasteiger partial charge >= 0.3 is 0 Å². The minimum atomic E-state index is -0.120. The van der Waals surface area contributed by atoms with Crippen molar-refractivity contribution in [2.24, 2.45) is 7.05 Å². The van der Waals surface area contributed by atoms with Gasteiger partial charge in [-0.2, -0.15) is 0 Å². The topological polar surface area (TPSA) is 67.2 Å². The number of benzene rings is 1. The molecule has 0 aliphatic heterocycles. The minimum absolute atomic E-state index is 0.00779. The van der Waals surface area contributed by atoms with Gasteiger partial charge in [-0.05, 0) is 49.1 Å². The number of hydrogen-bond acceptors (Lipinski definition) is 6. The molecule has 1 aliphatic carbocycles. The summed E-state index contributed by atoms with van der Waals surface area (Å²) in [6.45, 7) is 0. The Morgan fingerprint density at radius 1 is 1.29 bits per heavy atom. The molecule has 0 bridgehead atoms. The lowest BCUT2D eigenvalue weighted by Gasteiger charge is -2.13. The number of carbonyl (C=O) groups excluding carboxylic acids is 1. The number of aryl methyl sites for hydroxylation is 2. The van der Waals surface area contributed by atoms with Crippen LogP contribution in [0.4, 0.5) is 11.4 Å². The predicted molar refractivity (Wildman–Crippen MR) is 117 cm³/mol. The molecule has 146 valence electrons. The number of fused-ring (bicyclic) bond motifs is 3. The number of nitrogens with zero attached hydrogens (tertiary/aromatic N) is 3. The van der Waals surface area contributed by atoms with Crippen molar-refractivity contribution in [2.45, 2.75) is 24.4 Å². The van der Waals surface area contributed by atoms with Crippen LogP contribution in [0.3, 0.4) is 0 Å². The van der Waals surface area contributed by atoms with Crippen molar-refractivity contribution in [3.8, 4) is 0 Å². The first-order valence-electron chi connectivity index (χ1n) is 9.15. The molecule has 0 spiro atoms. The van der Waals surface area contributed by atoms with Crippen LogP contribution in [0.1, 0.15) is 16.9 Å². The summed E-state index contributed by atoms with van der Waals surface area (Å²) in [4.78, 5) is 33.9. The van der Waals surface area contributed by atoms with Gasteiger partial charge in [-0.3, -0.25) is 14.2 Å². The zero-order valence-electron chi connectivity index (χ0n) is 16.1. The average molecular weight is 415 g/mol. The van der Waals surface area contributed by atoms with Crippen LogP contribution in [0.5, 0.6) is 0 Å². The Balaban J connectivity index is 1.47. The Labute approximate surface area is 171 Å². The van der Waals surface area contributed by atoms with Crippen LogP contribution in [0.25, 0.3) is 10.2 Å². The van der Waals surface area contributed by atoms with Crippen LogP contribution >= 0.6 is 23.1 Å². The number of thioether (sulfide) groups is 1. The minimum Gasteiger partial charge on any atom is -0.378 e. The van der Waals surface area contributed by atoms with Crippen molar-refractivity contribution >= 4 is 50.6 Å². The normalized spacial score (nSPS) is 13.0. The third-order valence-electron chi connectivity index (χ3n) is 4.91. The fraction of sp³-hybridized carbons (Fsp3) is 0.350. The highest BCUT2D eigenvalue weighted by molar-refractivity contribution is 7.99.